The zero-order valence-corrected chi connectivity index (χ0v) is 12.2. The van der Waals surface area contributed by atoms with Gasteiger partial charge in [-0.05, 0) is 61.4 Å². The fourth-order valence-electron chi connectivity index (χ4n) is 3.21. The number of rotatable bonds is 4. The molecule has 0 saturated heterocycles. The van der Waals surface area contributed by atoms with Crippen molar-refractivity contribution in [1.82, 2.24) is 5.32 Å². The van der Waals surface area contributed by atoms with Crippen molar-refractivity contribution in [3.05, 3.63) is 70.8 Å². The Labute approximate surface area is 122 Å². The molecular weight excluding hydrogens is 242 g/mol. The van der Waals surface area contributed by atoms with Gasteiger partial charge < -0.3 is 5.32 Å². The van der Waals surface area contributed by atoms with E-state index in [4.69, 9.17) is 0 Å². The van der Waals surface area contributed by atoms with Gasteiger partial charge in [0.25, 0.3) is 0 Å². The van der Waals surface area contributed by atoms with Crippen LogP contribution < -0.4 is 5.32 Å². The fraction of sp³-hybridized carbons (Fsp3) is 0.368. The average molecular weight is 265 g/mol. The lowest BCUT2D eigenvalue weighted by Gasteiger charge is -2.21. The Morgan fingerprint density at radius 1 is 0.950 bits per heavy atom. The van der Waals surface area contributed by atoms with Gasteiger partial charge in [0.15, 0.2) is 0 Å². The van der Waals surface area contributed by atoms with Crippen LogP contribution in [0.2, 0.25) is 0 Å². The summed E-state index contributed by atoms with van der Waals surface area (Å²) in [4.78, 5) is 0. The highest BCUT2D eigenvalue weighted by Gasteiger charge is 2.14. The van der Waals surface area contributed by atoms with Gasteiger partial charge in [-0.15, -0.1) is 0 Å². The second-order valence-corrected chi connectivity index (χ2v) is 5.77. The minimum Gasteiger partial charge on any atom is -0.313 e. The monoisotopic (exact) mass is 265 g/mol. The van der Waals surface area contributed by atoms with Crippen LogP contribution in [0.4, 0.5) is 0 Å². The van der Waals surface area contributed by atoms with Crippen LogP contribution in [-0.4, -0.2) is 7.05 Å². The molecule has 0 saturated carbocycles. The first-order valence-electron chi connectivity index (χ1n) is 7.69. The molecule has 3 rings (SSSR count). The minimum absolute atomic E-state index is 0.407. The van der Waals surface area contributed by atoms with Crippen molar-refractivity contribution < 1.29 is 0 Å². The summed E-state index contributed by atoms with van der Waals surface area (Å²) in [5.74, 6) is 0. The third kappa shape index (κ3) is 2.94. The van der Waals surface area contributed by atoms with Gasteiger partial charge >= 0.3 is 0 Å². The molecule has 1 atom stereocenters. The van der Waals surface area contributed by atoms with Crippen LogP contribution in [-0.2, 0) is 19.3 Å². The quantitative estimate of drug-likeness (QED) is 0.878. The molecule has 0 unspecified atom stereocenters. The standard InChI is InChI=1S/C19H23N/c1-20-19(13-15-7-3-2-4-8-15)18-12-11-16-9-5-6-10-17(16)14-18/h2-4,7-8,11-12,14,19-20H,5-6,9-10,13H2,1H3/t19-/m1/s1. The van der Waals surface area contributed by atoms with Crippen LogP contribution in [0.25, 0.3) is 0 Å². The third-order valence-electron chi connectivity index (χ3n) is 4.41. The predicted molar refractivity (Wildman–Crippen MR) is 85.0 cm³/mol. The maximum absolute atomic E-state index is 3.47. The van der Waals surface area contributed by atoms with Crippen LogP contribution >= 0.6 is 0 Å². The molecule has 0 fully saturated rings. The molecule has 1 aliphatic carbocycles. The lowest BCUT2D eigenvalue weighted by Crippen LogP contribution is -2.19. The van der Waals surface area contributed by atoms with Crippen molar-refractivity contribution in [3.63, 3.8) is 0 Å². The van der Waals surface area contributed by atoms with Crippen molar-refractivity contribution in [1.29, 1.82) is 0 Å². The van der Waals surface area contributed by atoms with Crippen molar-refractivity contribution in [3.8, 4) is 0 Å². The Hall–Kier alpha value is -1.60. The highest BCUT2D eigenvalue weighted by atomic mass is 14.9. The Balaban J connectivity index is 1.82. The molecule has 1 nitrogen and oxygen atoms in total. The summed E-state index contributed by atoms with van der Waals surface area (Å²) in [6.45, 7) is 0. The molecule has 0 heterocycles. The Morgan fingerprint density at radius 2 is 1.70 bits per heavy atom. The maximum Gasteiger partial charge on any atom is 0.0358 e. The summed E-state index contributed by atoms with van der Waals surface area (Å²) in [6.07, 6.45) is 6.27. The van der Waals surface area contributed by atoms with Crippen molar-refractivity contribution in [2.75, 3.05) is 7.05 Å². The summed E-state index contributed by atoms with van der Waals surface area (Å²) in [7, 11) is 2.06. The molecule has 0 radical (unpaired) electrons. The third-order valence-corrected chi connectivity index (χ3v) is 4.41. The first kappa shape index (κ1) is 13.4. The summed E-state index contributed by atoms with van der Waals surface area (Å²) in [5.41, 5.74) is 5.96. The van der Waals surface area contributed by atoms with E-state index in [2.05, 4.69) is 60.9 Å². The summed E-state index contributed by atoms with van der Waals surface area (Å²) in [5, 5.41) is 3.47. The number of fused-ring (bicyclic) bond motifs is 1. The molecule has 0 aliphatic heterocycles. The molecule has 0 aromatic heterocycles. The van der Waals surface area contributed by atoms with E-state index in [-0.39, 0.29) is 0 Å². The Morgan fingerprint density at radius 3 is 2.45 bits per heavy atom. The van der Waals surface area contributed by atoms with Gasteiger partial charge in [-0.1, -0.05) is 48.5 Å². The van der Waals surface area contributed by atoms with E-state index >= 15 is 0 Å². The number of benzene rings is 2. The SMILES string of the molecule is CN[C@H](Cc1ccccc1)c1ccc2c(c1)CCCC2. The van der Waals surface area contributed by atoms with Gasteiger partial charge in [-0.2, -0.15) is 0 Å². The van der Waals surface area contributed by atoms with E-state index in [1.807, 2.05) is 0 Å². The van der Waals surface area contributed by atoms with Crippen LogP contribution in [0.3, 0.4) is 0 Å². The lowest BCUT2D eigenvalue weighted by atomic mass is 9.88. The number of nitrogens with one attached hydrogen (secondary N) is 1. The van der Waals surface area contributed by atoms with Gasteiger partial charge in [0, 0.05) is 6.04 Å². The van der Waals surface area contributed by atoms with Gasteiger partial charge in [-0.25, -0.2) is 0 Å². The second kappa shape index (κ2) is 6.23. The molecule has 0 spiro atoms. The molecule has 1 N–H and O–H groups in total. The van der Waals surface area contributed by atoms with E-state index in [1.54, 1.807) is 11.1 Å². The molecule has 0 bridgehead atoms. The van der Waals surface area contributed by atoms with Crippen LogP contribution in [0.1, 0.15) is 41.1 Å². The van der Waals surface area contributed by atoms with Gasteiger partial charge in [0.2, 0.25) is 0 Å². The zero-order chi connectivity index (χ0) is 13.8. The summed E-state index contributed by atoms with van der Waals surface area (Å²) in [6, 6.07) is 18.2. The van der Waals surface area contributed by atoms with Crippen molar-refractivity contribution in [2.24, 2.45) is 0 Å². The van der Waals surface area contributed by atoms with E-state index in [0.29, 0.717) is 6.04 Å². The molecule has 1 heteroatoms. The topological polar surface area (TPSA) is 12.0 Å². The average Bonchev–Trinajstić information content (AvgIpc) is 2.53. The highest BCUT2D eigenvalue weighted by molar-refractivity contribution is 5.36. The number of likely N-dealkylation sites (N-methyl/N-ethyl adjacent to an activating group) is 1. The van der Waals surface area contributed by atoms with Gasteiger partial charge in [0.1, 0.15) is 0 Å². The molecule has 104 valence electrons. The first-order valence-corrected chi connectivity index (χ1v) is 7.69. The Kier molecular flexibility index (Phi) is 4.17. The Bertz CT molecular complexity index is 559. The van der Waals surface area contributed by atoms with Crippen molar-refractivity contribution in [2.45, 2.75) is 38.1 Å². The van der Waals surface area contributed by atoms with Crippen LogP contribution in [0, 0.1) is 0 Å². The maximum atomic E-state index is 3.47. The van der Waals surface area contributed by atoms with Crippen LogP contribution in [0.15, 0.2) is 48.5 Å². The number of hydrogen-bond acceptors (Lipinski definition) is 1. The molecule has 2 aromatic carbocycles. The molecular formula is C19H23N. The largest absolute Gasteiger partial charge is 0.313 e. The van der Waals surface area contributed by atoms with E-state index < -0.39 is 0 Å². The number of hydrogen-bond donors (Lipinski definition) is 1. The smallest absolute Gasteiger partial charge is 0.0358 e. The second-order valence-electron chi connectivity index (χ2n) is 5.77. The highest BCUT2D eigenvalue weighted by Crippen LogP contribution is 2.26. The molecule has 1 aliphatic rings. The van der Waals surface area contributed by atoms with E-state index in [1.165, 1.54) is 36.8 Å². The summed E-state index contributed by atoms with van der Waals surface area (Å²) >= 11 is 0. The van der Waals surface area contributed by atoms with E-state index in [9.17, 15) is 0 Å². The van der Waals surface area contributed by atoms with Crippen LogP contribution in [0.5, 0.6) is 0 Å². The first-order chi connectivity index (χ1) is 9.86. The predicted octanol–water partition coefficient (Wildman–Crippen LogP) is 4.07. The normalized spacial score (nSPS) is 15.7. The minimum atomic E-state index is 0.407. The number of aryl methyl sites for hydroxylation is 2. The molecule has 0 amide bonds. The summed E-state index contributed by atoms with van der Waals surface area (Å²) < 4.78 is 0. The van der Waals surface area contributed by atoms with Gasteiger partial charge in [0.05, 0.1) is 0 Å². The van der Waals surface area contributed by atoms with Gasteiger partial charge in [-0.3, -0.25) is 0 Å². The molecule has 2 aromatic rings. The fourth-order valence-corrected chi connectivity index (χ4v) is 3.21. The van der Waals surface area contributed by atoms with E-state index in [0.717, 1.165) is 6.42 Å². The lowest BCUT2D eigenvalue weighted by molar-refractivity contribution is 0.588. The zero-order valence-electron chi connectivity index (χ0n) is 12.2. The molecule has 20 heavy (non-hydrogen) atoms. The van der Waals surface area contributed by atoms with Crippen molar-refractivity contribution >= 4 is 0 Å².